The van der Waals surface area contributed by atoms with Crippen LogP contribution in [0.25, 0.3) is 0 Å². The van der Waals surface area contributed by atoms with Crippen molar-refractivity contribution in [3.63, 3.8) is 0 Å². The van der Waals surface area contributed by atoms with Crippen molar-refractivity contribution in [3.05, 3.63) is 107 Å². The predicted molar refractivity (Wildman–Crippen MR) is 85.1 cm³/mol. The van der Waals surface area contributed by atoms with E-state index in [-0.39, 0.29) is 0 Å². The van der Waals surface area contributed by atoms with E-state index < -0.39 is 0 Å². The fourth-order valence-corrected chi connectivity index (χ4v) is 3.39. The summed E-state index contributed by atoms with van der Waals surface area (Å²) in [4.78, 5) is 0. The second-order valence-electron chi connectivity index (χ2n) is 5.36. The quantitative estimate of drug-likeness (QED) is 0.578. The Labute approximate surface area is 119 Å². The van der Waals surface area contributed by atoms with E-state index >= 15 is 0 Å². The molecule has 0 heteroatoms. The van der Waals surface area contributed by atoms with Gasteiger partial charge in [-0.2, -0.15) is 0 Å². The van der Waals surface area contributed by atoms with E-state index in [0.717, 1.165) is 6.42 Å². The van der Waals surface area contributed by atoms with Crippen molar-refractivity contribution in [2.45, 2.75) is 6.42 Å². The van der Waals surface area contributed by atoms with E-state index in [9.17, 15) is 0 Å². The maximum absolute atomic E-state index is 2.30. The van der Waals surface area contributed by atoms with Crippen molar-refractivity contribution in [1.29, 1.82) is 0 Å². The second kappa shape index (κ2) is 4.64. The van der Waals surface area contributed by atoms with Gasteiger partial charge >= 0.3 is 0 Å². The lowest BCUT2D eigenvalue weighted by molar-refractivity contribution is 0.752. The number of hydrogen-bond acceptors (Lipinski definition) is 0. The van der Waals surface area contributed by atoms with Gasteiger partial charge in [0.2, 0.25) is 0 Å². The largest absolute Gasteiger partial charge is 0.0830 e. The molecule has 4 aliphatic rings. The topological polar surface area (TPSA) is 0 Å². The molecule has 0 nitrogen and oxygen atoms in total. The van der Waals surface area contributed by atoms with Gasteiger partial charge in [-0.15, -0.1) is 0 Å². The fourth-order valence-electron chi connectivity index (χ4n) is 3.39. The van der Waals surface area contributed by atoms with Crippen LogP contribution in [0, 0.1) is 5.92 Å². The summed E-state index contributed by atoms with van der Waals surface area (Å²) in [7, 11) is 0. The summed E-state index contributed by atoms with van der Waals surface area (Å²) >= 11 is 0. The van der Waals surface area contributed by atoms with Gasteiger partial charge in [-0.3, -0.25) is 0 Å². The lowest BCUT2D eigenvalue weighted by atomic mass is 9.82. The molecule has 0 spiro atoms. The SMILES string of the molecule is C1=C/C=C\C2=C(C=C1)C1=C3/C(=C\C=C/C=C1)C=CCC23. The average molecular weight is 256 g/mol. The Morgan fingerprint density at radius 2 is 1.45 bits per heavy atom. The van der Waals surface area contributed by atoms with Gasteiger partial charge in [0.15, 0.2) is 0 Å². The molecule has 4 aliphatic carbocycles. The number of allylic oxidation sites excluding steroid dienone is 18. The van der Waals surface area contributed by atoms with E-state index in [1.807, 2.05) is 0 Å². The minimum Gasteiger partial charge on any atom is -0.0830 e. The zero-order valence-electron chi connectivity index (χ0n) is 11.3. The minimum atomic E-state index is 0.514. The number of fused-ring (bicyclic) bond motifs is 2. The molecule has 0 bridgehead atoms. The van der Waals surface area contributed by atoms with Crippen LogP contribution in [0.2, 0.25) is 0 Å². The van der Waals surface area contributed by atoms with E-state index in [2.05, 4.69) is 79.0 Å². The van der Waals surface area contributed by atoms with E-state index in [0.29, 0.717) is 5.92 Å². The maximum atomic E-state index is 2.30. The van der Waals surface area contributed by atoms with Crippen LogP contribution in [0.15, 0.2) is 107 Å². The number of hydrogen-bond donors (Lipinski definition) is 0. The summed E-state index contributed by atoms with van der Waals surface area (Å²) < 4.78 is 0. The third kappa shape index (κ3) is 1.69. The summed E-state index contributed by atoms with van der Waals surface area (Å²) in [6.07, 6.45) is 29.6. The summed E-state index contributed by atoms with van der Waals surface area (Å²) in [6, 6.07) is 0. The zero-order valence-corrected chi connectivity index (χ0v) is 11.3. The van der Waals surface area contributed by atoms with Crippen LogP contribution in [0.1, 0.15) is 6.42 Å². The lowest BCUT2D eigenvalue weighted by Crippen LogP contribution is -2.08. The maximum Gasteiger partial charge on any atom is 0.0142 e. The van der Waals surface area contributed by atoms with Crippen LogP contribution in [0.5, 0.6) is 0 Å². The van der Waals surface area contributed by atoms with E-state index in [1.165, 1.54) is 27.9 Å². The van der Waals surface area contributed by atoms with Gasteiger partial charge in [0.05, 0.1) is 0 Å². The Hall–Kier alpha value is -2.34. The van der Waals surface area contributed by atoms with Crippen LogP contribution in [-0.4, -0.2) is 0 Å². The molecule has 0 N–H and O–H groups in total. The molecule has 1 unspecified atom stereocenters. The molecule has 20 heavy (non-hydrogen) atoms. The molecule has 0 aromatic rings. The molecule has 96 valence electrons. The standard InChI is InChI=1S/C20H16/c1-2-6-12-17-16(11-5-1)18-13-7-3-4-9-15-10-8-14-19(17)20(15)18/h1-13,19H,14H2/b2-1?,4-3-,5-1?,6-2?,7-3?,9-4?,11-5?,12-6-,13-7?,15-9-,16-11?,17-12?,18-13?. The Balaban J connectivity index is 1.96. The predicted octanol–water partition coefficient (Wildman–Crippen LogP) is 4.90. The van der Waals surface area contributed by atoms with Crippen molar-refractivity contribution < 1.29 is 0 Å². The molecule has 0 saturated heterocycles. The molecular weight excluding hydrogens is 240 g/mol. The van der Waals surface area contributed by atoms with Crippen LogP contribution in [-0.2, 0) is 0 Å². The van der Waals surface area contributed by atoms with Crippen molar-refractivity contribution in [3.8, 4) is 0 Å². The van der Waals surface area contributed by atoms with Crippen molar-refractivity contribution >= 4 is 0 Å². The summed E-state index contributed by atoms with van der Waals surface area (Å²) in [5.41, 5.74) is 7.08. The monoisotopic (exact) mass is 256 g/mol. The van der Waals surface area contributed by atoms with Gasteiger partial charge in [0.25, 0.3) is 0 Å². The fraction of sp³-hybridized carbons (Fsp3) is 0.100. The Bertz CT molecular complexity index is 722. The highest BCUT2D eigenvalue weighted by atomic mass is 14.4. The molecule has 0 aromatic heterocycles. The van der Waals surface area contributed by atoms with Crippen LogP contribution in [0.4, 0.5) is 0 Å². The normalized spacial score (nSPS) is 31.8. The Morgan fingerprint density at radius 1 is 0.700 bits per heavy atom. The highest BCUT2D eigenvalue weighted by molar-refractivity contribution is 5.70. The highest BCUT2D eigenvalue weighted by Gasteiger charge is 2.32. The van der Waals surface area contributed by atoms with Crippen molar-refractivity contribution in [2.75, 3.05) is 0 Å². The molecule has 0 radical (unpaired) electrons. The van der Waals surface area contributed by atoms with Gasteiger partial charge in [-0.05, 0) is 34.3 Å². The smallest absolute Gasteiger partial charge is 0.0142 e. The third-order valence-corrected chi connectivity index (χ3v) is 4.23. The van der Waals surface area contributed by atoms with Crippen molar-refractivity contribution in [1.82, 2.24) is 0 Å². The second-order valence-corrected chi connectivity index (χ2v) is 5.36. The molecule has 0 amide bonds. The van der Waals surface area contributed by atoms with Gasteiger partial charge in [0.1, 0.15) is 0 Å². The Kier molecular flexibility index (Phi) is 2.67. The van der Waals surface area contributed by atoms with Crippen LogP contribution < -0.4 is 0 Å². The summed E-state index contributed by atoms with van der Waals surface area (Å²) in [5.74, 6) is 0.514. The summed E-state index contributed by atoms with van der Waals surface area (Å²) in [6.45, 7) is 0. The van der Waals surface area contributed by atoms with E-state index in [4.69, 9.17) is 0 Å². The molecule has 0 fully saturated rings. The summed E-state index contributed by atoms with van der Waals surface area (Å²) in [5, 5.41) is 0. The molecular formula is C20H16. The first-order valence-electron chi connectivity index (χ1n) is 7.17. The highest BCUT2D eigenvalue weighted by Crippen LogP contribution is 2.47. The van der Waals surface area contributed by atoms with Crippen LogP contribution >= 0.6 is 0 Å². The molecule has 0 aromatic carbocycles. The minimum absolute atomic E-state index is 0.514. The Morgan fingerprint density at radius 3 is 2.35 bits per heavy atom. The van der Waals surface area contributed by atoms with Crippen molar-refractivity contribution in [2.24, 2.45) is 5.92 Å². The van der Waals surface area contributed by atoms with Gasteiger partial charge in [-0.25, -0.2) is 0 Å². The van der Waals surface area contributed by atoms with Gasteiger partial charge in [-0.1, -0.05) is 79.0 Å². The first-order valence-corrected chi connectivity index (χ1v) is 7.17. The molecule has 1 atom stereocenters. The molecule has 4 rings (SSSR count). The van der Waals surface area contributed by atoms with Gasteiger partial charge in [0, 0.05) is 5.92 Å². The van der Waals surface area contributed by atoms with Gasteiger partial charge < -0.3 is 0 Å². The molecule has 0 saturated carbocycles. The number of rotatable bonds is 0. The molecule has 0 heterocycles. The van der Waals surface area contributed by atoms with E-state index in [1.54, 1.807) is 0 Å². The first-order chi connectivity index (χ1) is 9.95. The zero-order chi connectivity index (χ0) is 13.4. The average Bonchev–Trinajstić information content (AvgIpc) is 2.68. The third-order valence-electron chi connectivity index (χ3n) is 4.23. The van der Waals surface area contributed by atoms with Crippen LogP contribution in [0.3, 0.4) is 0 Å². The first kappa shape index (κ1) is 11.5. The molecule has 0 aliphatic heterocycles. The lowest BCUT2D eigenvalue weighted by Gasteiger charge is -2.22.